The van der Waals surface area contributed by atoms with Gasteiger partial charge in [0.25, 0.3) is 0 Å². The highest BCUT2D eigenvalue weighted by molar-refractivity contribution is 8.04. The zero-order valence-electron chi connectivity index (χ0n) is 11.5. The van der Waals surface area contributed by atoms with E-state index in [1.54, 1.807) is 6.92 Å². The van der Waals surface area contributed by atoms with Crippen molar-refractivity contribution in [2.75, 3.05) is 39.2 Å². The van der Waals surface area contributed by atoms with Gasteiger partial charge in [0, 0.05) is 13.7 Å². The number of carbonyl (C=O) groups excluding carboxylic acids is 3. The molecular weight excluding hydrogens is 284 g/mol. The van der Waals surface area contributed by atoms with Crippen LogP contribution in [0.4, 0.5) is 0 Å². The molecule has 1 aliphatic rings. The van der Waals surface area contributed by atoms with Crippen molar-refractivity contribution in [2.45, 2.75) is 6.92 Å². The van der Waals surface area contributed by atoms with Gasteiger partial charge in [-0.2, -0.15) is 0 Å². The van der Waals surface area contributed by atoms with Crippen LogP contribution in [-0.4, -0.2) is 61.8 Å². The minimum Gasteiger partial charge on any atom is -0.463 e. The topological polar surface area (TPSA) is 84.9 Å². The molecule has 0 unspecified atom stereocenters. The van der Waals surface area contributed by atoms with E-state index in [4.69, 9.17) is 9.47 Å². The summed E-state index contributed by atoms with van der Waals surface area (Å²) in [4.78, 5) is 36.0. The van der Waals surface area contributed by atoms with Crippen molar-refractivity contribution in [3.8, 4) is 0 Å². The Bertz CT molecular complexity index is 411. The van der Waals surface area contributed by atoms with Crippen LogP contribution in [0.15, 0.2) is 11.1 Å². The molecule has 0 aromatic rings. The maximum absolute atomic E-state index is 11.7. The summed E-state index contributed by atoms with van der Waals surface area (Å²) >= 11 is 1.22. The molecule has 0 aromatic carbocycles. The van der Waals surface area contributed by atoms with Crippen LogP contribution in [0.3, 0.4) is 0 Å². The molecule has 1 heterocycles. The van der Waals surface area contributed by atoms with Gasteiger partial charge in [-0.05, 0) is 6.92 Å². The Morgan fingerprint density at radius 2 is 2.25 bits per heavy atom. The molecule has 0 bridgehead atoms. The highest BCUT2D eigenvalue weighted by Crippen LogP contribution is 2.28. The fourth-order valence-corrected chi connectivity index (χ4v) is 2.41. The number of rotatable bonds is 7. The second-order valence-corrected chi connectivity index (χ2v) is 4.84. The van der Waals surface area contributed by atoms with Crippen molar-refractivity contribution in [2.24, 2.45) is 0 Å². The third kappa shape index (κ3) is 5.22. The van der Waals surface area contributed by atoms with Crippen LogP contribution in [-0.2, 0) is 23.9 Å². The molecule has 7 nitrogen and oxygen atoms in total. The second-order valence-electron chi connectivity index (χ2n) is 3.85. The van der Waals surface area contributed by atoms with E-state index in [2.05, 4.69) is 5.32 Å². The summed E-state index contributed by atoms with van der Waals surface area (Å²) in [6.07, 6.45) is 1.24. The van der Waals surface area contributed by atoms with Gasteiger partial charge in [-0.25, -0.2) is 4.79 Å². The standard InChI is InChI=1S/C12H18N2O5S/c1-3-19-12(17)6-11-14(10(16)8-20-11)7-9(15)13-4-5-18-2/h6H,3-5,7-8H2,1-2H3,(H,13,15). The molecule has 1 aliphatic heterocycles. The van der Waals surface area contributed by atoms with Crippen molar-refractivity contribution >= 4 is 29.5 Å². The number of nitrogens with zero attached hydrogens (tertiary/aromatic N) is 1. The van der Waals surface area contributed by atoms with Crippen LogP contribution in [0.5, 0.6) is 0 Å². The smallest absolute Gasteiger partial charge is 0.333 e. The summed E-state index contributed by atoms with van der Waals surface area (Å²) in [5.74, 6) is -0.800. The number of ether oxygens (including phenoxy) is 2. The average Bonchev–Trinajstić information content (AvgIpc) is 2.72. The molecule has 1 saturated heterocycles. The summed E-state index contributed by atoms with van der Waals surface area (Å²) in [7, 11) is 1.53. The zero-order chi connectivity index (χ0) is 15.0. The average molecular weight is 302 g/mol. The number of methoxy groups -OCH3 is 1. The van der Waals surface area contributed by atoms with Gasteiger partial charge in [0.15, 0.2) is 0 Å². The van der Waals surface area contributed by atoms with Crippen LogP contribution in [0.1, 0.15) is 6.92 Å². The second kappa shape index (κ2) is 8.60. The quantitative estimate of drug-likeness (QED) is 0.396. The fraction of sp³-hybridized carbons (Fsp3) is 0.583. The first-order valence-electron chi connectivity index (χ1n) is 6.15. The van der Waals surface area contributed by atoms with Gasteiger partial charge in [0.2, 0.25) is 11.8 Å². The van der Waals surface area contributed by atoms with Gasteiger partial charge in [0.05, 0.1) is 30.1 Å². The molecular formula is C12H18N2O5S. The summed E-state index contributed by atoms with van der Waals surface area (Å²) in [5, 5.41) is 3.06. The summed E-state index contributed by atoms with van der Waals surface area (Å²) in [6.45, 7) is 2.63. The lowest BCUT2D eigenvalue weighted by atomic mass is 10.4. The predicted octanol–water partition coefficient (Wildman–Crippen LogP) is -0.271. The van der Waals surface area contributed by atoms with Crippen LogP contribution in [0.25, 0.3) is 0 Å². The molecule has 0 spiro atoms. The monoisotopic (exact) mass is 302 g/mol. The van der Waals surface area contributed by atoms with Crippen LogP contribution in [0, 0.1) is 0 Å². The Hall–Kier alpha value is -1.54. The van der Waals surface area contributed by atoms with Gasteiger partial charge >= 0.3 is 5.97 Å². The maximum Gasteiger partial charge on any atom is 0.333 e. The van der Waals surface area contributed by atoms with E-state index in [1.165, 1.54) is 29.8 Å². The Kier molecular flexibility index (Phi) is 7.10. The first kappa shape index (κ1) is 16.5. The van der Waals surface area contributed by atoms with E-state index < -0.39 is 5.97 Å². The van der Waals surface area contributed by atoms with E-state index in [9.17, 15) is 14.4 Å². The van der Waals surface area contributed by atoms with Crippen LogP contribution >= 0.6 is 11.8 Å². The first-order valence-corrected chi connectivity index (χ1v) is 7.14. The molecule has 0 aromatic heterocycles. The van der Waals surface area contributed by atoms with Crippen molar-refractivity contribution in [3.05, 3.63) is 11.1 Å². The predicted molar refractivity (Wildman–Crippen MR) is 73.8 cm³/mol. The number of hydrogen-bond acceptors (Lipinski definition) is 6. The SMILES string of the molecule is CCOC(=O)C=C1SCC(=O)N1CC(=O)NCCOC. The summed E-state index contributed by atoms with van der Waals surface area (Å²) in [5.41, 5.74) is 0. The largest absolute Gasteiger partial charge is 0.463 e. The molecule has 8 heteroatoms. The third-order valence-electron chi connectivity index (χ3n) is 2.37. The van der Waals surface area contributed by atoms with Gasteiger partial charge in [-0.15, -0.1) is 0 Å². The zero-order valence-corrected chi connectivity index (χ0v) is 12.3. The van der Waals surface area contributed by atoms with Crippen LogP contribution < -0.4 is 5.32 Å². The van der Waals surface area contributed by atoms with Crippen LogP contribution in [0.2, 0.25) is 0 Å². The molecule has 112 valence electrons. The maximum atomic E-state index is 11.7. The minimum atomic E-state index is -0.519. The van der Waals surface area contributed by atoms with Gasteiger partial charge in [-0.3, -0.25) is 14.5 Å². The highest BCUT2D eigenvalue weighted by atomic mass is 32.2. The van der Waals surface area contributed by atoms with Crippen molar-refractivity contribution in [3.63, 3.8) is 0 Å². The molecule has 0 aliphatic carbocycles. The number of nitrogens with one attached hydrogen (secondary N) is 1. The lowest BCUT2D eigenvalue weighted by molar-refractivity contribution is -0.137. The first-order chi connectivity index (χ1) is 9.58. The number of hydrogen-bond donors (Lipinski definition) is 1. The third-order valence-corrected chi connectivity index (χ3v) is 3.39. The van der Waals surface area contributed by atoms with E-state index >= 15 is 0 Å². The number of thioether (sulfide) groups is 1. The number of carbonyl (C=O) groups is 3. The van der Waals surface area contributed by atoms with Gasteiger partial charge < -0.3 is 14.8 Å². The Morgan fingerprint density at radius 1 is 1.50 bits per heavy atom. The highest BCUT2D eigenvalue weighted by Gasteiger charge is 2.29. The molecule has 0 saturated carbocycles. The van der Waals surface area contributed by atoms with Crippen molar-refractivity contribution in [1.82, 2.24) is 10.2 Å². The summed E-state index contributed by atoms with van der Waals surface area (Å²) < 4.78 is 9.60. The molecule has 1 N–H and O–H groups in total. The normalized spacial score (nSPS) is 16.6. The van der Waals surface area contributed by atoms with Gasteiger partial charge in [-0.1, -0.05) is 11.8 Å². The van der Waals surface area contributed by atoms with Crippen molar-refractivity contribution in [1.29, 1.82) is 0 Å². The fourth-order valence-electron chi connectivity index (χ4n) is 1.48. The molecule has 1 rings (SSSR count). The van der Waals surface area contributed by atoms with Gasteiger partial charge in [0.1, 0.15) is 6.54 Å². The number of esters is 1. The Labute approximate surface area is 121 Å². The van der Waals surface area contributed by atoms with E-state index in [1.807, 2.05) is 0 Å². The summed E-state index contributed by atoms with van der Waals surface area (Å²) in [6, 6.07) is 0. The lowest BCUT2D eigenvalue weighted by Crippen LogP contribution is -2.38. The Balaban J connectivity index is 2.58. The lowest BCUT2D eigenvalue weighted by Gasteiger charge is -2.16. The molecule has 0 atom stereocenters. The Morgan fingerprint density at radius 3 is 2.90 bits per heavy atom. The minimum absolute atomic E-state index is 0.110. The molecule has 0 radical (unpaired) electrons. The number of amides is 2. The van der Waals surface area contributed by atoms with Crippen molar-refractivity contribution < 1.29 is 23.9 Å². The molecule has 2 amide bonds. The molecule has 20 heavy (non-hydrogen) atoms. The van der Waals surface area contributed by atoms with E-state index in [-0.39, 0.29) is 30.7 Å². The van der Waals surface area contributed by atoms with E-state index in [0.29, 0.717) is 18.2 Å². The molecule has 1 fully saturated rings. The van der Waals surface area contributed by atoms with E-state index in [0.717, 1.165) is 0 Å².